The molecule has 1 aromatic carbocycles. The van der Waals surface area contributed by atoms with Crippen LogP contribution in [0.1, 0.15) is 11.1 Å². The zero-order valence-corrected chi connectivity index (χ0v) is 10.7. The number of hydrogen-bond donors (Lipinski definition) is 1. The molecule has 17 heavy (non-hydrogen) atoms. The van der Waals surface area contributed by atoms with E-state index in [0.29, 0.717) is 0 Å². The van der Waals surface area contributed by atoms with Crippen molar-refractivity contribution in [1.82, 2.24) is 15.1 Å². The fourth-order valence-corrected chi connectivity index (χ4v) is 2.00. The molecule has 0 saturated heterocycles. The van der Waals surface area contributed by atoms with Crippen LogP contribution in [0.15, 0.2) is 30.6 Å². The summed E-state index contributed by atoms with van der Waals surface area (Å²) in [4.78, 5) is 0. The van der Waals surface area contributed by atoms with E-state index in [4.69, 9.17) is 0 Å². The average molecular weight is 229 g/mol. The summed E-state index contributed by atoms with van der Waals surface area (Å²) < 4.78 is 1.98. The summed E-state index contributed by atoms with van der Waals surface area (Å²) in [6.45, 7) is 6.10. The molecule has 0 saturated carbocycles. The molecule has 2 rings (SSSR count). The van der Waals surface area contributed by atoms with Crippen LogP contribution in [-0.4, -0.2) is 23.4 Å². The lowest BCUT2D eigenvalue weighted by atomic mass is 10.0. The van der Waals surface area contributed by atoms with Gasteiger partial charge in [0.05, 0.1) is 12.7 Å². The van der Waals surface area contributed by atoms with Crippen LogP contribution in [0.25, 0.3) is 11.1 Å². The second-order valence-electron chi connectivity index (χ2n) is 4.47. The van der Waals surface area contributed by atoms with Gasteiger partial charge >= 0.3 is 0 Å². The van der Waals surface area contributed by atoms with E-state index in [-0.39, 0.29) is 0 Å². The topological polar surface area (TPSA) is 29.9 Å². The average Bonchev–Trinajstić information content (AvgIpc) is 2.73. The van der Waals surface area contributed by atoms with Gasteiger partial charge in [-0.05, 0) is 26.5 Å². The quantitative estimate of drug-likeness (QED) is 0.872. The Morgan fingerprint density at radius 3 is 2.47 bits per heavy atom. The van der Waals surface area contributed by atoms with Crippen molar-refractivity contribution in [1.29, 1.82) is 0 Å². The molecule has 1 N–H and O–H groups in total. The highest BCUT2D eigenvalue weighted by Gasteiger charge is 2.02. The fraction of sp³-hybridized carbons (Fsp3) is 0.357. The van der Waals surface area contributed by atoms with Gasteiger partial charge in [0.1, 0.15) is 0 Å². The molecule has 0 aliphatic carbocycles. The van der Waals surface area contributed by atoms with Crippen molar-refractivity contribution >= 4 is 0 Å². The van der Waals surface area contributed by atoms with Crippen LogP contribution in [0.2, 0.25) is 0 Å². The van der Waals surface area contributed by atoms with Gasteiger partial charge in [0.15, 0.2) is 0 Å². The molecular weight excluding hydrogens is 210 g/mol. The summed E-state index contributed by atoms with van der Waals surface area (Å²) in [5, 5.41) is 7.49. The van der Waals surface area contributed by atoms with Crippen LogP contribution in [0, 0.1) is 13.8 Å². The second-order valence-corrected chi connectivity index (χ2v) is 4.47. The van der Waals surface area contributed by atoms with Crippen LogP contribution < -0.4 is 5.32 Å². The summed E-state index contributed by atoms with van der Waals surface area (Å²) >= 11 is 0. The number of rotatable bonds is 4. The molecule has 1 aromatic heterocycles. The van der Waals surface area contributed by atoms with E-state index in [9.17, 15) is 0 Å². The van der Waals surface area contributed by atoms with Crippen molar-refractivity contribution in [3.8, 4) is 11.1 Å². The van der Waals surface area contributed by atoms with Gasteiger partial charge < -0.3 is 5.32 Å². The zero-order valence-electron chi connectivity index (χ0n) is 10.7. The summed E-state index contributed by atoms with van der Waals surface area (Å²) in [5.74, 6) is 0. The molecule has 0 amide bonds. The Kier molecular flexibility index (Phi) is 3.59. The largest absolute Gasteiger partial charge is 0.318 e. The first-order chi connectivity index (χ1) is 8.19. The van der Waals surface area contributed by atoms with Gasteiger partial charge in [0.25, 0.3) is 0 Å². The van der Waals surface area contributed by atoms with E-state index < -0.39 is 0 Å². The Balaban J connectivity index is 2.24. The number of aryl methyl sites for hydroxylation is 2. The third-order valence-corrected chi connectivity index (χ3v) is 2.78. The summed E-state index contributed by atoms with van der Waals surface area (Å²) in [6.07, 6.45) is 4.04. The minimum Gasteiger partial charge on any atom is -0.318 e. The monoisotopic (exact) mass is 229 g/mol. The number of aromatic nitrogens is 2. The Morgan fingerprint density at radius 1 is 1.12 bits per heavy atom. The van der Waals surface area contributed by atoms with Crippen molar-refractivity contribution in [2.75, 3.05) is 13.6 Å². The lowest BCUT2D eigenvalue weighted by Crippen LogP contribution is -2.14. The minimum atomic E-state index is 0.904. The maximum absolute atomic E-state index is 4.37. The molecule has 2 aromatic rings. The van der Waals surface area contributed by atoms with Gasteiger partial charge in [-0.1, -0.05) is 29.3 Å². The molecule has 0 spiro atoms. The Bertz CT molecular complexity index is 480. The highest BCUT2D eigenvalue weighted by molar-refractivity contribution is 5.63. The zero-order chi connectivity index (χ0) is 12.3. The third-order valence-electron chi connectivity index (χ3n) is 2.78. The van der Waals surface area contributed by atoms with Crippen molar-refractivity contribution in [2.24, 2.45) is 0 Å². The fourth-order valence-electron chi connectivity index (χ4n) is 2.00. The van der Waals surface area contributed by atoms with Gasteiger partial charge in [-0.2, -0.15) is 5.10 Å². The minimum absolute atomic E-state index is 0.904. The van der Waals surface area contributed by atoms with Gasteiger partial charge in [0, 0.05) is 18.3 Å². The van der Waals surface area contributed by atoms with Crippen LogP contribution >= 0.6 is 0 Å². The molecule has 1 heterocycles. The molecule has 3 heteroatoms. The van der Waals surface area contributed by atoms with E-state index >= 15 is 0 Å². The first-order valence-electron chi connectivity index (χ1n) is 5.95. The lowest BCUT2D eigenvalue weighted by molar-refractivity contribution is 0.585. The van der Waals surface area contributed by atoms with E-state index in [1.807, 2.05) is 17.9 Å². The van der Waals surface area contributed by atoms with Crippen LogP contribution in [-0.2, 0) is 6.54 Å². The molecule has 0 bridgehead atoms. The van der Waals surface area contributed by atoms with Crippen molar-refractivity contribution in [3.05, 3.63) is 41.7 Å². The van der Waals surface area contributed by atoms with E-state index in [1.165, 1.54) is 22.3 Å². The number of nitrogens with zero attached hydrogens (tertiary/aromatic N) is 2. The standard InChI is InChI=1S/C14H19N3/c1-11-6-12(2)8-13(7-11)14-9-16-17(10-14)5-4-15-3/h6-10,15H,4-5H2,1-3H3. The predicted octanol–water partition coefficient (Wildman–Crippen LogP) is 2.39. The third kappa shape index (κ3) is 2.94. The highest BCUT2D eigenvalue weighted by Crippen LogP contribution is 2.21. The first-order valence-corrected chi connectivity index (χ1v) is 5.95. The Hall–Kier alpha value is -1.61. The van der Waals surface area contributed by atoms with Crippen molar-refractivity contribution < 1.29 is 0 Å². The molecule has 0 atom stereocenters. The van der Waals surface area contributed by atoms with Crippen molar-refractivity contribution in [3.63, 3.8) is 0 Å². The van der Waals surface area contributed by atoms with Gasteiger partial charge in [-0.25, -0.2) is 0 Å². The van der Waals surface area contributed by atoms with E-state index in [0.717, 1.165) is 13.1 Å². The van der Waals surface area contributed by atoms with E-state index in [2.05, 4.69) is 48.7 Å². The molecule has 0 aliphatic heterocycles. The predicted molar refractivity (Wildman–Crippen MR) is 71.1 cm³/mol. The molecule has 0 unspecified atom stereocenters. The molecule has 0 aliphatic rings. The number of hydrogen-bond acceptors (Lipinski definition) is 2. The van der Waals surface area contributed by atoms with E-state index in [1.54, 1.807) is 0 Å². The Labute approximate surface area is 102 Å². The maximum Gasteiger partial charge on any atom is 0.0568 e. The molecule has 0 radical (unpaired) electrons. The van der Waals surface area contributed by atoms with Gasteiger partial charge in [-0.3, -0.25) is 4.68 Å². The number of nitrogens with one attached hydrogen (secondary N) is 1. The number of benzene rings is 1. The Morgan fingerprint density at radius 2 is 1.82 bits per heavy atom. The molecular formula is C14H19N3. The number of likely N-dealkylation sites (N-methyl/N-ethyl adjacent to an activating group) is 1. The van der Waals surface area contributed by atoms with Crippen LogP contribution in [0.3, 0.4) is 0 Å². The molecule has 0 fully saturated rings. The first kappa shape index (κ1) is 11.9. The summed E-state index contributed by atoms with van der Waals surface area (Å²) in [5.41, 5.74) is 5.03. The smallest absolute Gasteiger partial charge is 0.0568 e. The molecule has 3 nitrogen and oxygen atoms in total. The lowest BCUT2D eigenvalue weighted by Gasteiger charge is -2.02. The summed E-state index contributed by atoms with van der Waals surface area (Å²) in [7, 11) is 1.95. The van der Waals surface area contributed by atoms with Crippen molar-refractivity contribution in [2.45, 2.75) is 20.4 Å². The normalized spacial score (nSPS) is 10.8. The van der Waals surface area contributed by atoms with Gasteiger partial charge in [0.2, 0.25) is 0 Å². The SMILES string of the molecule is CNCCn1cc(-c2cc(C)cc(C)c2)cn1. The highest BCUT2D eigenvalue weighted by atomic mass is 15.3. The summed E-state index contributed by atoms with van der Waals surface area (Å²) in [6, 6.07) is 6.59. The van der Waals surface area contributed by atoms with Gasteiger partial charge in [-0.15, -0.1) is 0 Å². The second kappa shape index (κ2) is 5.15. The van der Waals surface area contributed by atoms with Crippen LogP contribution in [0.4, 0.5) is 0 Å². The van der Waals surface area contributed by atoms with Crippen LogP contribution in [0.5, 0.6) is 0 Å². The molecule has 90 valence electrons. The maximum atomic E-state index is 4.37.